The van der Waals surface area contributed by atoms with Gasteiger partial charge in [-0.3, -0.25) is 4.79 Å². The SMILES string of the molecule is CCCCCCOC(=O)C(C)([SiH3])C(CC)CCCCCC. The van der Waals surface area contributed by atoms with Crippen LogP contribution in [0.3, 0.4) is 0 Å². The van der Waals surface area contributed by atoms with Crippen molar-refractivity contribution in [3.05, 3.63) is 0 Å². The third-order valence-corrected chi connectivity index (χ3v) is 5.90. The van der Waals surface area contributed by atoms with E-state index in [0.29, 0.717) is 12.5 Å². The Kier molecular flexibility index (Phi) is 12.1. The maximum absolute atomic E-state index is 12.4. The van der Waals surface area contributed by atoms with Gasteiger partial charge in [-0.2, -0.15) is 0 Å². The molecule has 0 fully saturated rings. The van der Waals surface area contributed by atoms with Crippen molar-refractivity contribution in [2.45, 2.75) is 96.9 Å². The molecule has 0 N–H and O–H groups in total. The molecule has 0 aromatic rings. The molecule has 0 radical (unpaired) electrons. The van der Waals surface area contributed by atoms with Crippen molar-refractivity contribution in [2.24, 2.45) is 5.92 Å². The van der Waals surface area contributed by atoms with E-state index >= 15 is 0 Å². The zero-order valence-corrected chi connectivity index (χ0v) is 17.2. The lowest BCUT2D eigenvalue weighted by molar-refractivity contribution is -0.148. The Bertz CT molecular complexity index is 264. The van der Waals surface area contributed by atoms with Crippen molar-refractivity contribution in [3.63, 3.8) is 0 Å². The molecule has 2 unspecified atom stereocenters. The topological polar surface area (TPSA) is 26.3 Å². The molecule has 0 bridgehead atoms. The summed E-state index contributed by atoms with van der Waals surface area (Å²) in [4.78, 5) is 12.4. The maximum Gasteiger partial charge on any atom is 0.308 e. The molecule has 0 aliphatic rings. The first-order valence-electron chi connectivity index (χ1n) is 9.17. The van der Waals surface area contributed by atoms with E-state index in [-0.39, 0.29) is 11.0 Å². The Morgan fingerprint density at radius 2 is 1.57 bits per heavy atom. The molecule has 0 aromatic heterocycles. The zero-order chi connectivity index (χ0) is 16.1. The molecule has 0 rings (SSSR count). The smallest absolute Gasteiger partial charge is 0.308 e. The monoisotopic (exact) mass is 314 g/mol. The van der Waals surface area contributed by atoms with E-state index in [1.807, 2.05) is 0 Å². The highest BCUT2D eigenvalue weighted by atomic mass is 28.1. The highest BCUT2D eigenvalue weighted by molar-refractivity contribution is 6.26. The zero-order valence-electron chi connectivity index (χ0n) is 15.2. The highest BCUT2D eigenvalue weighted by Gasteiger charge is 2.36. The van der Waals surface area contributed by atoms with Crippen LogP contribution in [0.5, 0.6) is 0 Å². The number of unbranched alkanes of at least 4 members (excludes halogenated alkanes) is 6. The van der Waals surface area contributed by atoms with Gasteiger partial charge in [0.1, 0.15) is 0 Å². The van der Waals surface area contributed by atoms with E-state index in [2.05, 4.69) is 27.7 Å². The molecule has 0 saturated heterocycles. The van der Waals surface area contributed by atoms with Gasteiger partial charge < -0.3 is 4.74 Å². The van der Waals surface area contributed by atoms with Gasteiger partial charge in [-0.05, 0) is 18.8 Å². The van der Waals surface area contributed by atoms with Gasteiger partial charge in [0.15, 0.2) is 0 Å². The van der Waals surface area contributed by atoms with Crippen LogP contribution >= 0.6 is 0 Å². The van der Waals surface area contributed by atoms with E-state index in [1.165, 1.54) is 51.4 Å². The van der Waals surface area contributed by atoms with Crippen LogP contribution in [-0.4, -0.2) is 22.8 Å². The molecule has 0 aliphatic heterocycles. The minimum atomic E-state index is -0.203. The largest absolute Gasteiger partial charge is 0.466 e. The number of rotatable bonds is 13. The predicted molar refractivity (Wildman–Crippen MR) is 95.9 cm³/mol. The van der Waals surface area contributed by atoms with Crippen LogP contribution in [0.1, 0.15) is 91.9 Å². The van der Waals surface area contributed by atoms with Crippen LogP contribution in [0.15, 0.2) is 0 Å². The fourth-order valence-electron chi connectivity index (χ4n) is 2.94. The van der Waals surface area contributed by atoms with Gasteiger partial charge in [0, 0.05) is 10.2 Å². The van der Waals surface area contributed by atoms with Gasteiger partial charge in [-0.15, -0.1) is 0 Å². The van der Waals surface area contributed by atoms with Gasteiger partial charge in [0.05, 0.1) is 11.6 Å². The Labute approximate surface area is 135 Å². The Balaban J connectivity index is 4.15. The normalized spacial score (nSPS) is 15.6. The molecule has 2 nitrogen and oxygen atoms in total. The third kappa shape index (κ3) is 8.65. The molecule has 0 amide bonds. The van der Waals surface area contributed by atoms with Crippen LogP contribution in [0.4, 0.5) is 0 Å². The molecule has 3 heteroatoms. The van der Waals surface area contributed by atoms with Crippen molar-refractivity contribution >= 4 is 16.2 Å². The average Bonchev–Trinajstić information content (AvgIpc) is 2.46. The molecular weight excluding hydrogens is 276 g/mol. The maximum atomic E-state index is 12.4. The summed E-state index contributed by atoms with van der Waals surface area (Å²) in [7, 11) is 0.889. The van der Waals surface area contributed by atoms with Crippen molar-refractivity contribution in [1.29, 1.82) is 0 Å². The molecule has 0 aliphatic carbocycles. The molecule has 21 heavy (non-hydrogen) atoms. The second-order valence-corrected chi connectivity index (χ2v) is 8.95. The summed E-state index contributed by atoms with van der Waals surface area (Å²) >= 11 is 0. The Hall–Kier alpha value is -0.313. The first-order chi connectivity index (χ1) is 10.0. The predicted octanol–water partition coefficient (Wildman–Crippen LogP) is 4.65. The van der Waals surface area contributed by atoms with Crippen LogP contribution in [0.25, 0.3) is 0 Å². The van der Waals surface area contributed by atoms with Gasteiger partial charge in [-0.25, -0.2) is 0 Å². The van der Waals surface area contributed by atoms with E-state index in [1.54, 1.807) is 0 Å². The van der Waals surface area contributed by atoms with Crippen LogP contribution in [-0.2, 0) is 9.53 Å². The quantitative estimate of drug-likeness (QED) is 0.281. The van der Waals surface area contributed by atoms with Gasteiger partial charge in [0.2, 0.25) is 0 Å². The van der Waals surface area contributed by atoms with Gasteiger partial charge in [0.25, 0.3) is 0 Å². The van der Waals surface area contributed by atoms with E-state index in [9.17, 15) is 4.79 Å². The van der Waals surface area contributed by atoms with Crippen molar-refractivity contribution in [1.82, 2.24) is 0 Å². The lowest BCUT2D eigenvalue weighted by atomic mass is 9.85. The van der Waals surface area contributed by atoms with Crippen LogP contribution in [0.2, 0.25) is 5.04 Å². The third-order valence-electron chi connectivity index (χ3n) is 4.68. The van der Waals surface area contributed by atoms with Crippen molar-refractivity contribution < 1.29 is 9.53 Å². The Morgan fingerprint density at radius 1 is 1.00 bits per heavy atom. The van der Waals surface area contributed by atoms with Crippen LogP contribution in [0, 0.1) is 5.92 Å². The number of carbonyl (C=O) groups excluding carboxylic acids is 1. The minimum absolute atomic E-state index is 0.0630. The summed E-state index contributed by atoms with van der Waals surface area (Å²) < 4.78 is 5.56. The molecule has 0 aromatic carbocycles. The van der Waals surface area contributed by atoms with Gasteiger partial charge >= 0.3 is 5.97 Å². The van der Waals surface area contributed by atoms with Crippen molar-refractivity contribution in [3.8, 4) is 0 Å². The first kappa shape index (κ1) is 20.7. The number of hydrogen-bond acceptors (Lipinski definition) is 2. The lowest BCUT2D eigenvalue weighted by Crippen LogP contribution is -2.31. The summed E-state index contributed by atoms with van der Waals surface area (Å²) in [5.41, 5.74) is 0. The Morgan fingerprint density at radius 3 is 2.10 bits per heavy atom. The lowest BCUT2D eigenvalue weighted by Gasteiger charge is -2.31. The minimum Gasteiger partial charge on any atom is -0.466 e. The first-order valence-corrected chi connectivity index (χ1v) is 10.2. The van der Waals surface area contributed by atoms with E-state index < -0.39 is 0 Å². The molecule has 0 saturated carbocycles. The summed E-state index contributed by atoms with van der Waals surface area (Å²) in [5.74, 6) is 0.567. The fourth-order valence-corrected chi connectivity index (χ4v) is 3.78. The molecule has 0 spiro atoms. The number of esters is 1. The van der Waals surface area contributed by atoms with Gasteiger partial charge in [-0.1, -0.05) is 79.1 Å². The number of carbonyl (C=O) groups is 1. The second kappa shape index (κ2) is 12.3. The number of ether oxygens (including phenoxy) is 1. The summed E-state index contributed by atoms with van der Waals surface area (Å²) in [6.45, 7) is 9.40. The summed E-state index contributed by atoms with van der Waals surface area (Å²) in [6, 6.07) is 0. The summed E-state index contributed by atoms with van der Waals surface area (Å²) in [5, 5.41) is -0.203. The second-order valence-electron chi connectivity index (χ2n) is 6.87. The molecule has 2 atom stereocenters. The van der Waals surface area contributed by atoms with Crippen LogP contribution < -0.4 is 0 Å². The number of hydrogen-bond donors (Lipinski definition) is 0. The van der Waals surface area contributed by atoms with Crippen molar-refractivity contribution in [2.75, 3.05) is 6.61 Å². The highest BCUT2D eigenvalue weighted by Crippen LogP contribution is 2.38. The standard InChI is InChI=1S/C18H38O2Si/c1-5-8-10-12-14-16(7-3)18(4,21)17(19)20-15-13-11-9-6-2/h16H,5-15H2,1-4,21H3. The van der Waals surface area contributed by atoms with E-state index in [0.717, 1.165) is 23.1 Å². The summed E-state index contributed by atoms with van der Waals surface area (Å²) in [6.07, 6.45) is 12.1. The fraction of sp³-hybridized carbons (Fsp3) is 0.944. The molecule has 0 heterocycles. The molecule has 126 valence electrons. The average molecular weight is 315 g/mol. The van der Waals surface area contributed by atoms with E-state index in [4.69, 9.17) is 4.74 Å². The molecular formula is C18H38O2Si.